The van der Waals surface area contributed by atoms with E-state index in [1.807, 2.05) is 13.8 Å². The van der Waals surface area contributed by atoms with Crippen LogP contribution in [0.25, 0.3) is 0 Å². The van der Waals surface area contributed by atoms with Crippen LogP contribution in [0.1, 0.15) is 42.6 Å². The van der Waals surface area contributed by atoms with Gasteiger partial charge in [0.05, 0.1) is 12.0 Å². The number of amides is 1. The molecule has 0 spiro atoms. The van der Waals surface area contributed by atoms with Crippen molar-refractivity contribution < 1.29 is 14.7 Å². The second kappa shape index (κ2) is 6.92. The average molecular weight is 263 g/mol. The molecule has 0 radical (unpaired) electrons. The molecule has 1 amide bonds. The van der Waals surface area contributed by atoms with E-state index in [0.29, 0.717) is 5.56 Å². The van der Waals surface area contributed by atoms with E-state index in [1.165, 1.54) is 6.07 Å². The first-order valence-corrected chi connectivity index (χ1v) is 6.58. The lowest BCUT2D eigenvalue weighted by molar-refractivity contribution is -0.131. The van der Waals surface area contributed by atoms with E-state index in [-0.39, 0.29) is 23.9 Å². The normalized spacial score (nSPS) is 10.5. The van der Waals surface area contributed by atoms with Crippen molar-refractivity contribution in [1.82, 2.24) is 4.90 Å². The molecule has 0 atom stereocenters. The highest BCUT2D eigenvalue weighted by Gasteiger charge is 2.19. The summed E-state index contributed by atoms with van der Waals surface area (Å²) in [5, 5.41) is 9.09. The highest BCUT2D eigenvalue weighted by molar-refractivity contribution is 5.91. The highest BCUT2D eigenvalue weighted by atomic mass is 16.4. The van der Waals surface area contributed by atoms with Crippen LogP contribution in [0.2, 0.25) is 0 Å². The molecule has 0 aliphatic rings. The van der Waals surface area contributed by atoms with E-state index in [2.05, 4.69) is 0 Å². The number of carbonyl (C=O) groups excluding carboxylic acids is 1. The Labute approximate surface area is 114 Å². The molecule has 19 heavy (non-hydrogen) atoms. The molecule has 1 aromatic rings. The molecule has 1 N–H and O–H groups in total. The lowest BCUT2D eigenvalue weighted by atomic mass is 10.0. The van der Waals surface area contributed by atoms with Crippen LogP contribution >= 0.6 is 0 Å². The van der Waals surface area contributed by atoms with E-state index < -0.39 is 5.97 Å². The SMILES string of the molecule is CCC(CC)N(C)C(=O)Cc1ccccc1C(=O)O. The number of carboxylic acids is 1. The molecule has 4 nitrogen and oxygen atoms in total. The largest absolute Gasteiger partial charge is 0.478 e. The average Bonchev–Trinajstić information content (AvgIpc) is 2.40. The van der Waals surface area contributed by atoms with Gasteiger partial charge in [0.2, 0.25) is 5.91 Å². The van der Waals surface area contributed by atoms with Crippen molar-refractivity contribution in [3.8, 4) is 0 Å². The van der Waals surface area contributed by atoms with E-state index in [0.717, 1.165) is 12.8 Å². The molecular formula is C15H21NO3. The van der Waals surface area contributed by atoms with Crippen LogP contribution in [0.15, 0.2) is 24.3 Å². The van der Waals surface area contributed by atoms with Crippen molar-refractivity contribution in [3.63, 3.8) is 0 Å². The van der Waals surface area contributed by atoms with Gasteiger partial charge in [0.1, 0.15) is 0 Å². The van der Waals surface area contributed by atoms with Gasteiger partial charge >= 0.3 is 5.97 Å². The molecule has 0 saturated heterocycles. The Morgan fingerprint density at radius 2 is 1.79 bits per heavy atom. The van der Waals surface area contributed by atoms with Gasteiger partial charge in [0.25, 0.3) is 0 Å². The quantitative estimate of drug-likeness (QED) is 0.858. The monoisotopic (exact) mass is 263 g/mol. The summed E-state index contributed by atoms with van der Waals surface area (Å²) in [5.41, 5.74) is 0.770. The minimum Gasteiger partial charge on any atom is -0.478 e. The van der Waals surface area contributed by atoms with Crippen molar-refractivity contribution in [2.45, 2.75) is 39.2 Å². The topological polar surface area (TPSA) is 57.6 Å². The van der Waals surface area contributed by atoms with Crippen LogP contribution < -0.4 is 0 Å². The summed E-state index contributed by atoms with van der Waals surface area (Å²) in [7, 11) is 1.78. The summed E-state index contributed by atoms with van der Waals surface area (Å²) < 4.78 is 0. The zero-order valence-corrected chi connectivity index (χ0v) is 11.7. The fourth-order valence-corrected chi connectivity index (χ4v) is 2.21. The number of nitrogens with zero attached hydrogens (tertiary/aromatic N) is 1. The Kier molecular flexibility index (Phi) is 5.55. The second-order valence-electron chi connectivity index (χ2n) is 4.61. The van der Waals surface area contributed by atoms with Crippen LogP contribution in [0.3, 0.4) is 0 Å². The molecule has 0 heterocycles. The van der Waals surface area contributed by atoms with E-state index >= 15 is 0 Å². The Morgan fingerprint density at radius 3 is 2.32 bits per heavy atom. The third-order valence-electron chi connectivity index (χ3n) is 3.47. The number of benzene rings is 1. The van der Waals surface area contributed by atoms with E-state index in [4.69, 9.17) is 5.11 Å². The highest BCUT2D eigenvalue weighted by Crippen LogP contribution is 2.13. The first-order chi connectivity index (χ1) is 9.01. The summed E-state index contributed by atoms with van der Waals surface area (Å²) in [6.07, 6.45) is 1.94. The van der Waals surface area contributed by atoms with Gasteiger partial charge in [-0.3, -0.25) is 4.79 Å². The van der Waals surface area contributed by atoms with Crippen LogP contribution in [0.4, 0.5) is 0 Å². The van der Waals surface area contributed by atoms with Crippen LogP contribution in [-0.2, 0) is 11.2 Å². The maximum atomic E-state index is 12.2. The zero-order chi connectivity index (χ0) is 14.4. The lowest BCUT2D eigenvalue weighted by Crippen LogP contribution is -2.37. The number of hydrogen-bond donors (Lipinski definition) is 1. The van der Waals surface area contributed by atoms with Crippen molar-refractivity contribution in [3.05, 3.63) is 35.4 Å². The molecule has 0 fully saturated rings. The Hall–Kier alpha value is -1.84. The Balaban J connectivity index is 2.85. The number of hydrogen-bond acceptors (Lipinski definition) is 2. The number of carbonyl (C=O) groups is 2. The first-order valence-electron chi connectivity index (χ1n) is 6.58. The molecule has 104 valence electrons. The predicted molar refractivity (Wildman–Crippen MR) is 74.2 cm³/mol. The summed E-state index contributed by atoms with van der Waals surface area (Å²) in [5.74, 6) is -1.03. The third-order valence-corrected chi connectivity index (χ3v) is 3.47. The zero-order valence-electron chi connectivity index (χ0n) is 11.7. The second-order valence-corrected chi connectivity index (χ2v) is 4.61. The molecule has 0 unspecified atom stereocenters. The number of likely N-dealkylation sites (N-methyl/N-ethyl adjacent to an activating group) is 1. The molecule has 1 rings (SSSR count). The fourth-order valence-electron chi connectivity index (χ4n) is 2.21. The van der Waals surface area contributed by atoms with Crippen LogP contribution in [-0.4, -0.2) is 35.0 Å². The van der Waals surface area contributed by atoms with Gasteiger partial charge in [-0.2, -0.15) is 0 Å². The molecular weight excluding hydrogens is 242 g/mol. The maximum absolute atomic E-state index is 12.2. The molecule has 0 bridgehead atoms. The van der Waals surface area contributed by atoms with Gasteiger partial charge in [-0.1, -0.05) is 32.0 Å². The molecule has 0 aliphatic heterocycles. The molecule has 1 aromatic carbocycles. The van der Waals surface area contributed by atoms with Crippen molar-refractivity contribution in [1.29, 1.82) is 0 Å². The van der Waals surface area contributed by atoms with E-state index in [1.54, 1.807) is 30.1 Å². The van der Waals surface area contributed by atoms with Gasteiger partial charge in [-0.25, -0.2) is 4.79 Å². The van der Waals surface area contributed by atoms with Gasteiger partial charge < -0.3 is 10.0 Å². The first kappa shape index (κ1) is 15.2. The molecule has 0 aromatic heterocycles. The van der Waals surface area contributed by atoms with Crippen LogP contribution in [0, 0.1) is 0 Å². The molecule has 4 heteroatoms. The molecule has 0 saturated carbocycles. The fraction of sp³-hybridized carbons (Fsp3) is 0.467. The minimum atomic E-state index is -0.992. The van der Waals surface area contributed by atoms with Crippen molar-refractivity contribution in [2.24, 2.45) is 0 Å². The van der Waals surface area contributed by atoms with Gasteiger partial charge in [0, 0.05) is 13.1 Å². The van der Waals surface area contributed by atoms with Crippen molar-refractivity contribution in [2.75, 3.05) is 7.05 Å². The standard InChI is InChI=1S/C15H21NO3/c1-4-12(5-2)16(3)14(17)10-11-8-6-7-9-13(11)15(18)19/h6-9,12H,4-5,10H2,1-3H3,(H,18,19). The number of rotatable bonds is 6. The summed E-state index contributed by atoms with van der Waals surface area (Å²) in [6.45, 7) is 4.09. The predicted octanol–water partition coefficient (Wildman–Crippen LogP) is 2.57. The summed E-state index contributed by atoms with van der Waals surface area (Å²) in [4.78, 5) is 25.0. The third kappa shape index (κ3) is 3.81. The smallest absolute Gasteiger partial charge is 0.335 e. The maximum Gasteiger partial charge on any atom is 0.335 e. The summed E-state index contributed by atoms with van der Waals surface area (Å²) >= 11 is 0. The Morgan fingerprint density at radius 1 is 1.21 bits per heavy atom. The van der Waals surface area contributed by atoms with Gasteiger partial charge in [0.15, 0.2) is 0 Å². The Bertz CT molecular complexity index is 452. The minimum absolute atomic E-state index is 0.0394. The van der Waals surface area contributed by atoms with Gasteiger partial charge in [-0.05, 0) is 24.5 Å². The number of aromatic carboxylic acids is 1. The molecule has 0 aliphatic carbocycles. The van der Waals surface area contributed by atoms with Crippen LogP contribution in [0.5, 0.6) is 0 Å². The van der Waals surface area contributed by atoms with Crippen molar-refractivity contribution >= 4 is 11.9 Å². The van der Waals surface area contributed by atoms with E-state index in [9.17, 15) is 9.59 Å². The lowest BCUT2D eigenvalue weighted by Gasteiger charge is -2.26. The summed E-state index contributed by atoms with van der Waals surface area (Å²) in [6, 6.07) is 6.86. The number of carboxylic acid groups (broad SMARTS) is 1. The van der Waals surface area contributed by atoms with Gasteiger partial charge in [-0.15, -0.1) is 0 Å².